The molecule has 1 aliphatic carbocycles. The molecular weight excluding hydrogens is 733 g/mol. The van der Waals surface area contributed by atoms with Crippen LogP contribution in [0.1, 0.15) is 37.0 Å². The van der Waals surface area contributed by atoms with E-state index in [0.29, 0.717) is 5.92 Å². The van der Waals surface area contributed by atoms with Crippen LogP contribution in [0.4, 0.5) is 0 Å². The fourth-order valence-electron chi connectivity index (χ4n) is 10.5. The van der Waals surface area contributed by atoms with E-state index in [-0.39, 0.29) is 5.41 Å². The van der Waals surface area contributed by atoms with Gasteiger partial charge in [-0.05, 0) is 142 Å². The highest BCUT2D eigenvalue weighted by molar-refractivity contribution is 6.21. The van der Waals surface area contributed by atoms with Crippen molar-refractivity contribution >= 4 is 21.5 Å². The van der Waals surface area contributed by atoms with Gasteiger partial charge in [-0.1, -0.05) is 214 Å². The quantitative estimate of drug-likeness (QED) is 0.135. The maximum atomic E-state index is 2.54. The molecule has 0 aliphatic heterocycles. The van der Waals surface area contributed by atoms with Crippen molar-refractivity contribution in [3.8, 4) is 66.8 Å². The van der Waals surface area contributed by atoms with E-state index in [9.17, 15) is 0 Å². The minimum Gasteiger partial charge on any atom is -0.0627 e. The van der Waals surface area contributed by atoms with Crippen LogP contribution in [-0.4, -0.2) is 0 Å². The first-order chi connectivity index (χ1) is 30.1. The van der Waals surface area contributed by atoms with E-state index >= 15 is 0 Å². The monoisotopic (exact) mass is 778 g/mol. The first kappa shape index (κ1) is 36.8. The molecule has 0 heteroatoms. The van der Waals surface area contributed by atoms with Crippen molar-refractivity contribution in [1.82, 2.24) is 0 Å². The average molecular weight is 779 g/mol. The lowest BCUT2D eigenvalue weighted by molar-refractivity contribution is 0.461. The highest BCUT2D eigenvalue weighted by Crippen LogP contribution is 2.57. The first-order valence-electron chi connectivity index (χ1n) is 21.7. The first-order valence-corrected chi connectivity index (χ1v) is 21.7. The summed E-state index contributed by atoms with van der Waals surface area (Å²) in [4.78, 5) is 0. The molecule has 0 saturated heterocycles. The molecule has 0 bridgehead atoms. The molecular formula is C61H46. The van der Waals surface area contributed by atoms with Gasteiger partial charge < -0.3 is 0 Å². The van der Waals surface area contributed by atoms with Crippen molar-refractivity contribution in [2.24, 2.45) is 5.92 Å². The van der Waals surface area contributed by atoms with Gasteiger partial charge in [0.15, 0.2) is 0 Å². The van der Waals surface area contributed by atoms with Gasteiger partial charge in [0.05, 0.1) is 0 Å². The van der Waals surface area contributed by atoms with Crippen molar-refractivity contribution in [1.29, 1.82) is 0 Å². The molecule has 290 valence electrons. The highest BCUT2D eigenvalue weighted by Gasteiger charge is 2.45. The lowest BCUT2D eigenvalue weighted by Gasteiger charge is -2.35. The summed E-state index contributed by atoms with van der Waals surface area (Å²) in [5.74, 6) is 0.494. The second-order valence-corrected chi connectivity index (χ2v) is 17.1. The van der Waals surface area contributed by atoms with Gasteiger partial charge in [-0.3, -0.25) is 0 Å². The molecule has 0 aromatic heterocycles. The Morgan fingerprint density at radius 3 is 1.23 bits per heavy atom. The van der Waals surface area contributed by atoms with E-state index < -0.39 is 0 Å². The molecule has 0 radical (unpaired) electrons. The topological polar surface area (TPSA) is 0 Å². The summed E-state index contributed by atoms with van der Waals surface area (Å²) >= 11 is 0. The Hall–Kier alpha value is -7.28. The summed E-state index contributed by atoms with van der Waals surface area (Å²) in [5.41, 5.74) is 19.0. The van der Waals surface area contributed by atoms with Gasteiger partial charge >= 0.3 is 0 Å². The SMILES string of the molecule is CC(C)CC1(c2ccccc2)c2ccccc2-c2ccc(-c3c4ccccc4c(-c4ccc(-c5cc(-c6ccccc6)cc(-c6ccccc6)c5)cc4)c4ccccc34)cc21. The Balaban J connectivity index is 1.08. The Morgan fingerprint density at radius 1 is 0.311 bits per heavy atom. The Bertz CT molecular complexity index is 3100. The third-order valence-corrected chi connectivity index (χ3v) is 13.0. The number of hydrogen-bond donors (Lipinski definition) is 0. The molecule has 1 unspecified atom stereocenters. The van der Waals surface area contributed by atoms with Crippen LogP contribution in [0, 0.1) is 5.92 Å². The maximum absolute atomic E-state index is 2.54. The summed E-state index contributed by atoms with van der Waals surface area (Å²) in [7, 11) is 0. The zero-order valence-electron chi connectivity index (χ0n) is 34.6. The molecule has 0 amide bonds. The maximum Gasteiger partial charge on any atom is 0.0466 e. The fourth-order valence-corrected chi connectivity index (χ4v) is 10.5. The van der Waals surface area contributed by atoms with Gasteiger partial charge in [0, 0.05) is 5.41 Å². The molecule has 0 nitrogen and oxygen atoms in total. The molecule has 10 aromatic rings. The van der Waals surface area contributed by atoms with Crippen LogP contribution in [0.15, 0.2) is 224 Å². The number of fused-ring (bicyclic) bond motifs is 5. The van der Waals surface area contributed by atoms with E-state index in [1.807, 2.05) is 0 Å². The molecule has 61 heavy (non-hydrogen) atoms. The summed E-state index contributed by atoms with van der Waals surface area (Å²) < 4.78 is 0. The second kappa shape index (κ2) is 15.1. The summed E-state index contributed by atoms with van der Waals surface area (Å²) in [6.07, 6.45) is 1.03. The molecule has 11 rings (SSSR count). The van der Waals surface area contributed by atoms with Crippen molar-refractivity contribution < 1.29 is 0 Å². The van der Waals surface area contributed by atoms with Crippen LogP contribution in [0.2, 0.25) is 0 Å². The zero-order valence-corrected chi connectivity index (χ0v) is 34.6. The third kappa shape index (κ3) is 6.22. The van der Waals surface area contributed by atoms with Crippen LogP contribution >= 0.6 is 0 Å². The van der Waals surface area contributed by atoms with Gasteiger partial charge in [0.1, 0.15) is 0 Å². The standard InChI is InChI=1S/C61H46/c1-41(2)40-61(50-22-10-5-11-23-50)57-29-17-16-24-51(57)52-35-34-46(39-58(52)61)60-55-27-14-12-25-53(55)59(54-26-13-15-28-56(54)60)45-32-30-44(31-33-45)49-37-47(42-18-6-3-7-19-42)36-48(38-49)43-20-8-4-9-21-43/h3-39,41H,40H2,1-2H3. The van der Waals surface area contributed by atoms with Crippen LogP contribution in [-0.2, 0) is 5.41 Å². The van der Waals surface area contributed by atoms with Crippen LogP contribution in [0.5, 0.6) is 0 Å². The molecule has 0 saturated carbocycles. The minimum absolute atomic E-state index is 0.243. The molecule has 1 atom stereocenters. The van der Waals surface area contributed by atoms with Gasteiger partial charge in [-0.15, -0.1) is 0 Å². The Kier molecular flexibility index (Phi) is 9.09. The lowest BCUT2D eigenvalue weighted by Crippen LogP contribution is -2.29. The molecule has 0 fully saturated rings. The summed E-state index contributed by atoms with van der Waals surface area (Å²) in [6.45, 7) is 4.73. The van der Waals surface area contributed by atoms with Crippen LogP contribution in [0.25, 0.3) is 88.3 Å². The molecule has 0 N–H and O–H groups in total. The van der Waals surface area contributed by atoms with E-state index in [2.05, 4.69) is 238 Å². The smallest absolute Gasteiger partial charge is 0.0466 e. The molecule has 0 spiro atoms. The summed E-state index contributed by atoms with van der Waals surface area (Å²) in [5, 5.41) is 5.07. The number of benzene rings is 10. The highest BCUT2D eigenvalue weighted by atomic mass is 14.5. The summed E-state index contributed by atoms with van der Waals surface area (Å²) in [6, 6.07) is 83.4. The van der Waals surface area contributed by atoms with E-state index in [4.69, 9.17) is 0 Å². The number of rotatable bonds is 8. The van der Waals surface area contributed by atoms with Crippen LogP contribution in [0.3, 0.4) is 0 Å². The third-order valence-electron chi connectivity index (χ3n) is 13.0. The van der Waals surface area contributed by atoms with Gasteiger partial charge in [0.2, 0.25) is 0 Å². The average Bonchev–Trinajstić information content (AvgIpc) is 3.60. The Labute approximate surface area is 359 Å². The molecule has 1 aliphatic rings. The Morgan fingerprint density at radius 2 is 0.705 bits per heavy atom. The zero-order chi connectivity index (χ0) is 40.9. The predicted molar refractivity (Wildman–Crippen MR) is 260 cm³/mol. The van der Waals surface area contributed by atoms with Crippen molar-refractivity contribution in [2.75, 3.05) is 0 Å². The molecule has 10 aromatic carbocycles. The van der Waals surface area contributed by atoms with Crippen molar-refractivity contribution in [2.45, 2.75) is 25.7 Å². The second-order valence-electron chi connectivity index (χ2n) is 17.1. The van der Waals surface area contributed by atoms with Gasteiger partial charge in [-0.25, -0.2) is 0 Å². The van der Waals surface area contributed by atoms with Crippen LogP contribution < -0.4 is 0 Å². The predicted octanol–water partition coefficient (Wildman–Crippen LogP) is 16.7. The lowest BCUT2D eigenvalue weighted by atomic mass is 9.67. The normalized spacial score (nSPS) is 14.3. The van der Waals surface area contributed by atoms with E-state index in [1.165, 1.54) is 105 Å². The van der Waals surface area contributed by atoms with Crippen molar-refractivity contribution in [3.63, 3.8) is 0 Å². The fraction of sp³-hybridized carbons (Fsp3) is 0.0820. The van der Waals surface area contributed by atoms with Gasteiger partial charge in [-0.2, -0.15) is 0 Å². The minimum atomic E-state index is -0.243. The van der Waals surface area contributed by atoms with E-state index in [1.54, 1.807) is 0 Å². The van der Waals surface area contributed by atoms with Crippen molar-refractivity contribution in [3.05, 3.63) is 241 Å². The largest absolute Gasteiger partial charge is 0.0627 e. The number of hydrogen-bond acceptors (Lipinski definition) is 0. The van der Waals surface area contributed by atoms with E-state index in [0.717, 1.165) is 6.42 Å². The van der Waals surface area contributed by atoms with Gasteiger partial charge in [0.25, 0.3) is 0 Å². The molecule has 0 heterocycles.